The minimum absolute atomic E-state index is 0.160. The summed E-state index contributed by atoms with van der Waals surface area (Å²) in [6.07, 6.45) is 0.0377. The summed E-state index contributed by atoms with van der Waals surface area (Å²) >= 11 is 0. The minimum atomic E-state index is -1.03. The molecule has 1 N–H and O–H groups in total. The standard InChI is InChI=1S/C23H31NO3/c1-18(19-12-8-6-9-13-19)24(21(25)27-22(2,3)4)17-16-23(5,26)20-14-10-7-11-15-20/h6-15,18,26H,16-17H2,1-5H3/t18-,23?/m0/s1. The van der Waals surface area contributed by atoms with Gasteiger partial charge in [0.05, 0.1) is 11.6 Å². The maximum absolute atomic E-state index is 12.8. The van der Waals surface area contributed by atoms with Crippen LogP contribution in [-0.4, -0.2) is 28.2 Å². The highest BCUT2D eigenvalue weighted by Crippen LogP contribution is 2.28. The van der Waals surface area contributed by atoms with E-state index in [0.717, 1.165) is 11.1 Å². The first-order valence-electron chi connectivity index (χ1n) is 9.42. The Morgan fingerprint density at radius 3 is 2.04 bits per heavy atom. The maximum atomic E-state index is 12.8. The molecule has 2 aromatic rings. The summed E-state index contributed by atoms with van der Waals surface area (Å²) in [4.78, 5) is 14.5. The smallest absolute Gasteiger partial charge is 0.410 e. The van der Waals surface area contributed by atoms with Crippen LogP contribution in [0.5, 0.6) is 0 Å². The van der Waals surface area contributed by atoms with E-state index < -0.39 is 11.2 Å². The number of nitrogens with zero attached hydrogens (tertiary/aromatic N) is 1. The molecular weight excluding hydrogens is 338 g/mol. The molecule has 2 atom stereocenters. The monoisotopic (exact) mass is 369 g/mol. The van der Waals surface area contributed by atoms with E-state index in [1.54, 1.807) is 11.8 Å². The third-order valence-corrected chi connectivity index (χ3v) is 4.61. The van der Waals surface area contributed by atoms with Crippen LogP contribution in [0.15, 0.2) is 60.7 Å². The molecule has 146 valence electrons. The van der Waals surface area contributed by atoms with Crippen LogP contribution in [-0.2, 0) is 10.3 Å². The third kappa shape index (κ3) is 6.10. The van der Waals surface area contributed by atoms with Gasteiger partial charge in [0.2, 0.25) is 0 Å². The van der Waals surface area contributed by atoms with Gasteiger partial charge in [-0.1, -0.05) is 60.7 Å². The lowest BCUT2D eigenvalue weighted by Gasteiger charge is -2.34. The summed E-state index contributed by atoms with van der Waals surface area (Å²) in [7, 11) is 0. The minimum Gasteiger partial charge on any atom is -0.444 e. The molecule has 0 aliphatic rings. The lowest BCUT2D eigenvalue weighted by Crippen LogP contribution is -2.41. The van der Waals surface area contributed by atoms with Crippen molar-refractivity contribution in [2.24, 2.45) is 0 Å². The second-order valence-electron chi connectivity index (χ2n) is 8.15. The number of carbonyl (C=O) groups is 1. The molecule has 2 aromatic carbocycles. The molecule has 0 heterocycles. The predicted octanol–water partition coefficient (Wildman–Crippen LogP) is 5.28. The summed E-state index contributed by atoms with van der Waals surface area (Å²) in [5, 5.41) is 10.9. The van der Waals surface area contributed by atoms with Crippen molar-refractivity contribution in [3.05, 3.63) is 71.8 Å². The van der Waals surface area contributed by atoms with Gasteiger partial charge < -0.3 is 14.7 Å². The Morgan fingerprint density at radius 2 is 1.52 bits per heavy atom. The van der Waals surface area contributed by atoms with Crippen LogP contribution >= 0.6 is 0 Å². The van der Waals surface area contributed by atoms with Crippen LogP contribution in [0, 0.1) is 0 Å². The van der Waals surface area contributed by atoms with Gasteiger partial charge in [0, 0.05) is 6.54 Å². The molecule has 1 unspecified atom stereocenters. The number of ether oxygens (including phenoxy) is 1. The summed E-state index contributed by atoms with van der Waals surface area (Å²) in [5.74, 6) is 0. The molecule has 0 saturated carbocycles. The van der Waals surface area contributed by atoms with E-state index >= 15 is 0 Å². The molecule has 1 amide bonds. The van der Waals surface area contributed by atoms with E-state index in [-0.39, 0.29) is 12.1 Å². The van der Waals surface area contributed by atoms with Gasteiger partial charge in [-0.05, 0) is 52.2 Å². The highest BCUT2D eigenvalue weighted by Gasteiger charge is 2.30. The number of hydrogen-bond donors (Lipinski definition) is 1. The van der Waals surface area contributed by atoms with Crippen molar-refractivity contribution in [2.75, 3.05) is 6.54 Å². The fraction of sp³-hybridized carbons (Fsp3) is 0.435. The maximum Gasteiger partial charge on any atom is 0.410 e. The van der Waals surface area contributed by atoms with E-state index in [0.29, 0.717) is 13.0 Å². The van der Waals surface area contributed by atoms with Crippen molar-refractivity contribution in [1.29, 1.82) is 0 Å². The number of aliphatic hydroxyl groups is 1. The molecule has 0 aliphatic carbocycles. The van der Waals surface area contributed by atoms with Crippen molar-refractivity contribution in [3.8, 4) is 0 Å². The fourth-order valence-corrected chi connectivity index (χ4v) is 2.95. The number of hydrogen-bond acceptors (Lipinski definition) is 3. The first-order chi connectivity index (χ1) is 12.6. The van der Waals surface area contributed by atoms with Crippen LogP contribution in [0.3, 0.4) is 0 Å². The van der Waals surface area contributed by atoms with Gasteiger partial charge in [0.1, 0.15) is 5.60 Å². The average molecular weight is 370 g/mol. The molecular formula is C23H31NO3. The van der Waals surface area contributed by atoms with E-state index in [2.05, 4.69) is 0 Å². The van der Waals surface area contributed by atoms with Crippen molar-refractivity contribution in [2.45, 2.75) is 58.3 Å². The normalized spacial score (nSPS) is 14.9. The summed E-state index contributed by atoms with van der Waals surface area (Å²) in [6.45, 7) is 9.72. The highest BCUT2D eigenvalue weighted by molar-refractivity contribution is 5.68. The molecule has 0 radical (unpaired) electrons. The quantitative estimate of drug-likeness (QED) is 0.753. The molecule has 0 saturated heterocycles. The Hall–Kier alpha value is -2.33. The second-order valence-corrected chi connectivity index (χ2v) is 8.15. The predicted molar refractivity (Wildman–Crippen MR) is 108 cm³/mol. The zero-order valence-corrected chi connectivity index (χ0v) is 17.0. The second kappa shape index (κ2) is 8.57. The van der Waals surface area contributed by atoms with Crippen LogP contribution in [0.1, 0.15) is 58.2 Å². The van der Waals surface area contributed by atoms with Crippen LogP contribution in [0.2, 0.25) is 0 Å². The molecule has 4 heteroatoms. The Morgan fingerprint density at radius 1 is 1.00 bits per heavy atom. The molecule has 0 aromatic heterocycles. The highest BCUT2D eigenvalue weighted by atomic mass is 16.6. The first kappa shape index (κ1) is 21.0. The summed E-state index contributed by atoms with van der Waals surface area (Å²) < 4.78 is 5.62. The molecule has 4 nitrogen and oxygen atoms in total. The number of carbonyl (C=O) groups excluding carboxylic acids is 1. The lowest BCUT2D eigenvalue weighted by atomic mass is 9.92. The van der Waals surface area contributed by atoms with E-state index in [1.165, 1.54) is 0 Å². The number of rotatable bonds is 6. The Balaban J connectivity index is 2.20. The van der Waals surface area contributed by atoms with Crippen molar-refractivity contribution in [1.82, 2.24) is 4.90 Å². The third-order valence-electron chi connectivity index (χ3n) is 4.61. The van der Waals surface area contributed by atoms with Gasteiger partial charge in [-0.15, -0.1) is 0 Å². The van der Waals surface area contributed by atoms with Gasteiger partial charge >= 0.3 is 6.09 Å². The Bertz CT molecular complexity index is 720. The average Bonchev–Trinajstić information content (AvgIpc) is 2.61. The first-order valence-corrected chi connectivity index (χ1v) is 9.42. The molecule has 0 aliphatic heterocycles. The van der Waals surface area contributed by atoms with E-state index in [1.807, 2.05) is 88.4 Å². The summed E-state index contributed by atoms with van der Waals surface area (Å²) in [6, 6.07) is 19.2. The zero-order valence-electron chi connectivity index (χ0n) is 17.0. The Labute approximate surface area is 162 Å². The van der Waals surface area contributed by atoms with Crippen LogP contribution in [0.25, 0.3) is 0 Å². The molecule has 0 bridgehead atoms. The molecule has 0 fully saturated rings. The van der Waals surface area contributed by atoms with Gasteiger partial charge in [-0.2, -0.15) is 0 Å². The molecule has 0 spiro atoms. The Kier molecular flexibility index (Phi) is 6.66. The topological polar surface area (TPSA) is 49.8 Å². The van der Waals surface area contributed by atoms with Gasteiger partial charge in [-0.3, -0.25) is 0 Å². The van der Waals surface area contributed by atoms with E-state index in [4.69, 9.17) is 4.74 Å². The van der Waals surface area contributed by atoms with Gasteiger partial charge in [0.25, 0.3) is 0 Å². The SMILES string of the molecule is C[C@@H](c1ccccc1)N(CCC(C)(O)c1ccccc1)C(=O)OC(C)(C)C. The molecule has 27 heavy (non-hydrogen) atoms. The zero-order chi connectivity index (χ0) is 20.1. The number of benzene rings is 2. The van der Waals surface area contributed by atoms with E-state index in [9.17, 15) is 9.90 Å². The van der Waals surface area contributed by atoms with Gasteiger partial charge in [0.15, 0.2) is 0 Å². The van der Waals surface area contributed by atoms with Crippen LogP contribution < -0.4 is 0 Å². The van der Waals surface area contributed by atoms with Crippen LogP contribution in [0.4, 0.5) is 4.79 Å². The largest absolute Gasteiger partial charge is 0.444 e. The fourth-order valence-electron chi connectivity index (χ4n) is 2.95. The molecule has 2 rings (SSSR count). The van der Waals surface area contributed by atoms with Crippen molar-refractivity contribution >= 4 is 6.09 Å². The van der Waals surface area contributed by atoms with Crippen molar-refractivity contribution in [3.63, 3.8) is 0 Å². The lowest BCUT2D eigenvalue weighted by molar-refractivity contribution is 0.00202. The summed E-state index contributed by atoms with van der Waals surface area (Å²) in [5.41, 5.74) is 0.259. The van der Waals surface area contributed by atoms with Crippen molar-refractivity contribution < 1.29 is 14.6 Å². The number of amides is 1. The van der Waals surface area contributed by atoms with Gasteiger partial charge in [-0.25, -0.2) is 4.79 Å².